The summed E-state index contributed by atoms with van der Waals surface area (Å²) in [4.78, 5) is 0. The van der Waals surface area contributed by atoms with Crippen LogP contribution in [0, 0.1) is 0 Å². The number of rotatable bonds is 0. The summed E-state index contributed by atoms with van der Waals surface area (Å²) in [6.07, 6.45) is 11.8. The van der Waals surface area contributed by atoms with Gasteiger partial charge in [0, 0.05) is 0 Å². The molecule has 1 aliphatic rings. The Labute approximate surface area is 73.2 Å². The third-order valence-electron chi connectivity index (χ3n) is 1.41. The van der Waals surface area contributed by atoms with Gasteiger partial charge in [0.15, 0.2) is 0 Å². The first-order chi connectivity index (χ1) is 6.00. The van der Waals surface area contributed by atoms with Gasteiger partial charge in [-0.25, -0.2) is 0 Å². The molecule has 0 aliphatic carbocycles. The predicted molar refractivity (Wildman–Crippen MR) is 49.1 cm³/mol. The first-order valence-electron chi connectivity index (χ1n) is 4.12. The Balaban J connectivity index is 2.30. The van der Waals surface area contributed by atoms with Gasteiger partial charge in [-0.15, -0.1) is 0 Å². The summed E-state index contributed by atoms with van der Waals surface area (Å²) in [5, 5.41) is 0. The lowest BCUT2D eigenvalue weighted by atomic mass is 10.4. The lowest BCUT2D eigenvalue weighted by Crippen LogP contribution is -1.94. The highest BCUT2D eigenvalue weighted by atomic mass is 16.5. The molecule has 0 radical (unpaired) electrons. The minimum Gasteiger partial charge on any atom is -0.373 e. The van der Waals surface area contributed by atoms with Crippen molar-refractivity contribution in [2.45, 2.75) is 0 Å². The molecule has 0 N–H and O–H groups in total. The second-order valence-corrected chi connectivity index (χ2v) is 2.40. The van der Waals surface area contributed by atoms with Crippen molar-refractivity contribution in [3.8, 4) is 0 Å². The van der Waals surface area contributed by atoms with Crippen LogP contribution in [0.2, 0.25) is 0 Å². The van der Waals surface area contributed by atoms with Crippen LogP contribution in [-0.2, 0) is 9.47 Å². The summed E-state index contributed by atoms with van der Waals surface area (Å²) in [5.41, 5.74) is 0. The Morgan fingerprint density at radius 3 is 1.50 bits per heavy atom. The maximum absolute atomic E-state index is 5.24. The van der Waals surface area contributed by atoms with Crippen molar-refractivity contribution >= 4 is 0 Å². The molecule has 0 bridgehead atoms. The van der Waals surface area contributed by atoms with Gasteiger partial charge in [-0.1, -0.05) is 36.5 Å². The molecule has 0 amide bonds. The average molecular weight is 166 g/mol. The van der Waals surface area contributed by atoms with Gasteiger partial charge < -0.3 is 9.47 Å². The molecule has 0 fully saturated rings. The molecule has 0 saturated heterocycles. The van der Waals surface area contributed by atoms with Crippen LogP contribution in [0.15, 0.2) is 36.5 Å². The molecular formula is C10H14O2. The van der Waals surface area contributed by atoms with E-state index in [0.29, 0.717) is 26.4 Å². The van der Waals surface area contributed by atoms with Gasteiger partial charge in [0.25, 0.3) is 0 Å². The third kappa shape index (κ3) is 4.88. The molecule has 0 aromatic carbocycles. The summed E-state index contributed by atoms with van der Waals surface area (Å²) < 4.78 is 10.5. The highest BCUT2D eigenvalue weighted by molar-refractivity contribution is 5.02. The van der Waals surface area contributed by atoms with Crippen molar-refractivity contribution in [3.05, 3.63) is 36.5 Å². The maximum Gasteiger partial charge on any atom is 0.0654 e. The molecule has 0 aromatic heterocycles. The Morgan fingerprint density at radius 1 is 0.583 bits per heavy atom. The van der Waals surface area contributed by atoms with Crippen LogP contribution in [0.1, 0.15) is 0 Å². The van der Waals surface area contributed by atoms with Crippen LogP contribution >= 0.6 is 0 Å². The summed E-state index contributed by atoms with van der Waals surface area (Å²) in [6, 6.07) is 0. The van der Waals surface area contributed by atoms with E-state index in [-0.39, 0.29) is 0 Å². The summed E-state index contributed by atoms with van der Waals surface area (Å²) >= 11 is 0. The third-order valence-corrected chi connectivity index (χ3v) is 1.41. The number of allylic oxidation sites excluding steroid dienone is 2. The van der Waals surface area contributed by atoms with Crippen molar-refractivity contribution in [3.63, 3.8) is 0 Å². The number of hydrogen-bond acceptors (Lipinski definition) is 2. The summed E-state index contributed by atoms with van der Waals surface area (Å²) in [6.45, 7) is 2.68. The molecule has 0 saturated carbocycles. The van der Waals surface area contributed by atoms with E-state index in [2.05, 4.69) is 0 Å². The highest BCUT2D eigenvalue weighted by Gasteiger charge is 1.81. The molecule has 0 atom stereocenters. The molecule has 1 heterocycles. The zero-order chi connectivity index (χ0) is 8.49. The smallest absolute Gasteiger partial charge is 0.0654 e. The van der Waals surface area contributed by atoms with Crippen LogP contribution in [0.5, 0.6) is 0 Å². The van der Waals surface area contributed by atoms with E-state index >= 15 is 0 Å². The zero-order valence-electron chi connectivity index (χ0n) is 7.11. The van der Waals surface area contributed by atoms with Gasteiger partial charge in [0.05, 0.1) is 26.4 Å². The highest BCUT2D eigenvalue weighted by Crippen LogP contribution is 1.86. The summed E-state index contributed by atoms with van der Waals surface area (Å²) in [7, 11) is 0. The van der Waals surface area contributed by atoms with E-state index in [1.807, 2.05) is 36.5 Å². The van der Waals surface area contributed by atoms with Gasteiger partial charge in [-0.2, -0.15) is 0 Å². The van der Waals surface area contributed by atoms with Gasteiger partial charge in [-0.3, -0.25) is 0 Å². The number of hydrogen-bond donors (Lipinski definition) is 0. The van der Waals surface area contributed by atoms with Gasteiger partial charge >= 0.3 is 0 Å². The lowest BCUT2D eigenvalue weighted by Gasteiger charge is -1.97. The van der Waals surface area contributed by atoms with Crippen molar-refractivity contribution < 1.29 is 9.47 Å². The topological polar surface area (TPSA) is 18.5 Å². The van der Waals surface area contributed by atoms with Crippen molar-refractivity contribution in [1.29, 1.82) is 0 Å². The molecule has 1 aliphatic heterocycles. The molecule has 0 spiro atoms. The largest absolute Gasteiger partial charge is 0.373 e. The summed E-state index contributed by atoms with van der Waals surface area (Å²) in [5.74, 6) is 0. The van der Waals surface area contributed by atoms with E-state index in [9.17, 15) is 0 Å². The molecule has 2 heteroatoms. The lowest BCUT2D eigenvalue weighted by molar-refractivity contribution is 0.184. The Bertz CT molecular complexity index is 160. The van der Waals surface area contributed by atoms with Crippen molar-refractivity contribution in [2.24, 2.45) is 0 Å². The maximum atomic E-state index is 5.24. The Hall–Kier alpha value is -0.860. The van der Waals surface area contributed by atoms with Gasteiger partial charge in [-0.05, 0) is 0 Å². The SMILES string of the molecule is C1=C\COC/C=C/C=C/COC/1. The fraction of sp³-hybridized carbons (Fsp3) is 0.400. The fourth-order valence-corrected chi connectivity index (χ4v) is 0.813. The Morgan fingerprint density at radius 2 is 1.00 bits per heavy atom. The fourth-order valence-electron chi connectivity index (χ4n) is 0.813. The van der Waals surface area contributed by atoms with Crippen molar-refractivity contribution in [1.82, 2.24) is 0 Å². The molecule has 0 aromatic rings. The Kier molecular flexibility index (Phi) is 5.25. The first kappa shape index (κ1) is 9.23. The van der Waals surface area contributed by atoms with E-state index in [4.69, 9.17) is 9.47 Å². The predicted octanol–water partition coefficient (Wildman–Crippen LogP) is 1.70. The van der Waals surface area contributed by atoms with Crippen molar-refractivity contribution in [2.75, 3.05) is 26.4 Å². The molecule has 1 rings (SSSR count). The average Bonchev–Trinajstić information content (AvgIpc) is 2.05. The zero-order valence-corrected chi connectivity index (χ0v) is 7.11. The standard InChI is InChI=1S/C10H14O2/c1-2-4-8-12-10-6-5-9-11-7-3-1/h1-6H,7-10H2/b3-1+,4-2+,6-5-. The molecule has 2 nitrogen and oxygen atoms in total. The normalized spacial score (nSPS) is 28.0. The van der Waals surface area contributed by atoms with Crippen LogP contribution in [0.3, 0.4) is 0 Å². The van der Waals surface area contributed by atoms with E-state index in [1.54, 1.807) is 0 Å². The molecular weight excluding hydrogens is 152 g/mol. The molecule has 0 unspecified atom stereocenters. The quantitative estimate of drug-likeness (QED) is 0.510. The number of ether oxygens (including phenoxy) is 2. The minimum absolute atomic E-state index is 0.664. The van der Waals surface area contributed by atoms with Crippen LogP contribution in [-0.4, -0.2) is 26.4 Å². The molecule has 12 heavy (non-hydrogen) atoms. The van der Waals surface area contributed by atoms with E-state index < -0.39 is 0 Å². The minimum atomic E-state index is 0.664. The van der Waals surface area contributed by atoms with E-state index in [1.165, 1.54) is 0 Å². The second-order valence-electron chi connectivity index (χ2n) is 2.40. The van der Waals surface area contributed by atoms with Gasteiger partial charge in [0.2, 0.25) is 0 Å². The monoisotopic (exact) mass is 166 g/mol. The van der Waals surface area contributed by atoms with Crippen LogP contribution < -0.4 is 0 Å². The first-order valence-corrected chi connectivity index (χ1v) is 4.12. The molecule has 66 valence electrons. The van der Waals surface area contributed by atoms with Crippen LogP contribution in [0.4, 0.5) is 0 Å². The van der Waals surface area contributed by atoms with Gasteiger partial charge in [0.1, 0.15) is 0 Å². The van der Waals surface area contributed by atoms with E-state index in [0.717, 1.165) is 0 Å². The second kappa shape index (κ2) is 6.83. The van der Waals surface area contributed by atoms with Crippen LogP contribution in [0.25, 0.3) is 0 Å².